The highest BCUT2D eigenvalue weighted by Gasteiger charge is 2.16. The van der Waals surface area contributed by atoms with E-state index in [1.165, 1.54) is 0 Å². The molecule has 0 radical (unpaired) electrons. The molecular weight excluding hydrogens is 286 g/mol. The molecule has 4 N–H and O–H groups in total. The molecule has 0 spiro atoms. The summed E-state index contributed by atoms with van der Waals surface area (Å²) in [5.74, 6) is 1.11. The Hall–Kier alpha value is -2.14. The van der Waals surface area contributed by atoms with E-state index in [0.717, 1.165) is 78.6 Å². The molecule has 0 aliphatic rings. The number of nitrogens with zero attached hydrogens (tertiary/aromatic N) is 3. The molecule has 2 heterocycles. The van der Waals surface area contributed by atoms with Crippen molar-refractivity contribution in [3.8, 4) is 0 Å². The van der Waals surface area contributed by atoms with Crippen molar-refractivity contribution in [1.82, 2.24) is 14.5 Å². The van der Waals surface area contributed by atoms with Gasteiger partial charge in [0.25, 0.3) is 0 Å². The van der Waals surface area contributed by atoms with Crippen LogP contribution in [0.4, 0.5) is 5.69 Å². The summed E-state index contributed by atoms with van der Waals surface area (Å²) in [5.41, 5.74) is 15.6. The van der Waals surface area contributed by atoms with Gasteiger partial charge in [-0.15, -0.1) is 0 Å². The number of rotatable bonds is 7. The summed E-state index contributed by atoms with van der Waals surface area (Å²) in [7, 11) is 0. The maximum Gasteiger partial charge on any atom is 0.114 e. The number of nitrogen functional groups attached to an aromatic ring is 1. The third-order valence-electron chi connectivity index (χ3n) is 4.28. The van der Waals surface area contributed by atoms with Crippen LogP contribution in [-0.2, 0) is 13.0 Å². The molecule has 122 valence electrons. The molecule has 0 atom stereocenters. The number of hydrogen-bond acceptors (Lipinski definition) is 4. The third-order valence-corrected chi connectivity index (χ3v) is 4.28. The van der Waals surface area contributed by atoms with Gasteiger partial charge in [-0.2, -0.15) is 0 Å². The standard InChI is InChI=1S/C18H25N5/c1-2-3-8-15-22-17-14(20)12-13-7-6-10-21-16(13)18(17)23(15)11-5-4-9-19/h6-7,10,12H,2-5,8-9,11,19-20H2,1H3. The average molecular weight is 311 g/mol. The predicted molar refractivity (Wildman–Crippen MR) is 96.3 cm³/mol. The molecule has 5 nitrogen and oxygen atoms in total. The first-order chi connectivity index (χ1) is 11.3. The molecule has 23 heavy (non-hydrogen) atoms. The van der Waals surface area contributed by atoms with E-state index in [-0.39, 0.29) is 0 Å². The van der Waals surface area contributed by atoms with Crippen LogP contribution in [0.3, 0.4) is 0 Å². The van der Waals surface area contributed by atoms with E-state index < -0.39 is 0 Å². The Morgan fingerprint density at radius 2 is 2.04 bits per heavy atom. The van der Waals surface area contributed by atoms with E-state index in [1.807, 2.05) is 18.3 Å². The van der Waals surface area contributed by atoms with Crippen molar-refractivity contribution in [2.24, 2.45) is 5.73 Å². The number of imidazole rings is 1. The fourth-order valence-corrected chi connectivity index (χ4v) is 3.09. The second kappa shape index (κ2) is 6.96. The van der Waals surface area contributed by atoms with Gasteiger partial charge in [-0.05, 0) is 37.9 Å². The van der Waals surface area contributed by atoms with Gasteiger partial charge in [0.1, 0.15) is 11.3 Å². The SMILES string of the molecule is CCCCc1nc2c(N)cc3cccnc3c2n1CCCCN. The number of pyridine rings is 1. The number of unbranched alkanes of at least 4 members (excludes halogenated alkanes) is 2. The summed E-state index contributed by atoms with van der Waals surface area (Å²) in [4.78, 5) is 9.44. The summed E-state index contributed by atoms with van der Waals surface area (Å²) >= 11 is 0. The smallest absolute Gasteiger partial charge is 0.114 e. The van der Waals surface area contributed by atoms with Gasteiger partial charge in [-0.1, -0.05) is 19.4 Å². The first-order valence-electron chi connectivity index (χ1n) is 8.48. The Bertz CT molecular complexity index is 806. The highest BCUT2D eigenvalue weighted by Crippen LogP contribution is 2.30. The lowest BCUT2D eigenvalue weighted by Gasteiger charge is -2.10. The van der Waals surface area contributed by atoms with Crippen LogP contribution < -0.4 is 11.5 Å². The second-order valence-corrected chi connectivity index (χ2v) is 6.02. The van der Waals surface area contributed by atoms with Crippen LogP contribution >= 0.6 is 0 Å². The van der Waals surface area contributed by atoms with Gasteiger partial charge in [0, 0.05) is 24.5 Å². The monoisotopic (exact) mass is 311 g/mol. The molecule has 3 aromatic rings. The fraction of sp³-hybridized carbons (Fsp3) is 0.444. The first kappa shape index (κ1) is 15.7. The zero-order valence-corrected chi connectivity index (χ0v) is 13.8. The minimum absolute atomic E-state index is 0.720. The maximum atomic E-state index is 6.26. The number of aryl methyl sites for hydroxylation is 2. The topological polar surface area (TPSA) is 82.8 Å². The van der Waals surface area contributed by atoms with E-state index in [4.69, 9.17) is 16.5 Å². The van der Waals surface area contributed by atoms with Crippen molar-refractivity contribution >= 4 is 27.6 Å². The minimum Gasteiger partial charge on any atom is -0.397 e. The number of nitrogens with two attached hydrogens (primary N) is 2. The van der Waals surface area contributed by atoms with Gasteiger partial charge in [0.2, 0.25) is 0 Å². The lowest BCUT2D eigenvalue weighted by molar-refractivity contribution is 0.593. The Morgan fingerprint density at radius 3 is 2.83 bits per heavy atom. The van der Waals surface area contributed by atoms with Gasteiger partial charge >= 0.3 is 0 Å². The van der Waals surface area contributed by atoms with Crippen LogP contribution in [0.25, 0.3) is 21.9 Å². The lowest BCUT2D eigenvalue weighted by atomic mass is 10.1. The van der Waals surface area contributed by atoms with Gasteiger partial charge < -0.3 is 16.0 Å². The van der Waals surface area contributed by atoms with Crippen LogP contribution in [0.1, 0.15) is 38.4 Å². The van der Waals surface area contributed by atoms with Crippen molar-refractivity contribution in [3.05, 3.63) is 30.2 Å². The van der Waals surface area contributed by atoms with E-state index in [9.17, 15) is 0 Å². The average Bonchev–Trinajstić information content (AvgIpc) is 2.93. The Morgan fingerprint density at radius 1 is 1.17 bits per heavy atom. The van der Waals surface area contributed by atoms with E-state index in [1.54, 1.807) is 0 Å². The maximum absolute atomic E-state index is 6.26. The fourth-order valence-electron chi connectivity index (χ4n) is 3.09. The highest BCUT2D eigenvalue weighted by atomic mass is 15.1. The minimum atomic E-state index is 0.720. The Balaban J connectivity index is 2.19. The number of benzene rings is 1. The molecule has 0 fully saturated rings. The molecular formula is C18H25N5. The van der Waals surface area contributed by atoms with Crippen LogP contribution in [-0.4, -0.2) is 21.1 Å². The Labute approximate surface area is 136 Å². The summed E-state index contributed by atoms with van der Waals surface area (Å²) in [6.45, 7) is 3.84. The molecule has 0 unspecified atom stereocenters. The van der Waals surface area contributed by atoms with Crippen LogP contribution in [0.15, 0.2) is 24.4 Å². The largest absolute Gasteiger partial charge is 0.397 e. The summed E-state index contributed by atoms with van der Waals surface area (Å²) in [6, 6.07) is 5.98. The van der Waals surface area contributed by atoms with E-state index in [0.29, 0.717) is 0 Å². The second-order valence-electron chi connectivity index (χ2n) is 6.02. The zero-order valence-electron chi connectivity index (χ0n) is 13.8. The summed E-state index contributed by atoms with van der Waals surface area (Å²) in [5, 5.41) is 1.07. The molecule has 0 aliphatic heterocycles. The normalized spacial score (nSPS) is 11.6. The molecule has 5 heteroatoms. The van der Waals surface area contributed by atoms with Gasteiger partial charge in [-0.25, -0.2) is 4.98 Å². The summed E-state index contributed by atoms with van der Waals surface area (Å²) in [6.07, 6.45) is 7.15. The quantitative estimate of drug-likeness (QED) is 0.518. The van der Waals surface area contributed by atoms with Crippen molar-refractivity contribution in [2.75, 3.05) is 12.3 Å². The molecule has 0 saturated heterocycles. The van der Waals surface area contributed by atoms with Gasteiger partial charge in [-0.3, -0.25) is 4.98 Å². The molecule has 2 aromatic heterocycles. The van der Waals surface area contributed by atoms with Crippen LogP contribution in [0.2, 0.25) is 0 Å². The molecule has 0 bridgehead atoms. The molecule has 0 amide bonds. The summed E-state index contributed by atoms with van der Waals surface area (Å²) < 4.78 is 2.31. The molecule has 0 saturated carbocycles. The molecule has 3 rings (SSSR count). The van der Waals surface area contributed by atoms with E-state index in [2.05, 4.69) is 22.5 Å². The van der Waals surface area contributed by atoms with Crippen molar-refractivity contribution in [2.45, 2.75) is 45.6 Å². The molecule has 0 aliphatic carbocycles. The number of anilines is 1. The van der Waals surface area contributed by atoms with Crippen LogP contribution in [0, 0.1) is 0 Å². The zero-order chi connectivity index (χ0) is 16.2. The van der Waals surface area contributed by atoms with E-state index >= 15 is 0 Å². The van der Waals surface area contributed by atoms with Gasteiger partial charge in [0.15, 0.2) is 0 Å². The van der Waals surface area contributed by atoms with Gasteiger partial charge in [0.05, 0.1) is 16.7 Å². The molecule has 1 aromatic carbocycles. The number of fused-ring (bicyclic) bond motifs is 3. The van der Waals surface area contributed by atoms with Crippen molar-refractivity contribution < 1.29 is 0 Å². The van der Waals surface area contributed by atoms with Crippen molar-refractivity contribution in [3.63, 3.8) is 0 Å². The number of aromatic nitrogens is 3. The van der Waals surface area contributed by atoms with Crippen LogP contribution in [0.5, 0.6) is 0 Å². The first-order valence-corrected chi connectivity index (χ1v) is 8.48. The number of hydrogen-bond donors (Lipinski definition) is 2. The lowest BCUT2D eigenvalue weighted by Crippen LogP contribution is -2.07. The highest BCUT2D eigenvalue weighted by molar-refractivity contribution is 6.07. The Kier molecular flexibility index (Phi) is 4.76. The predicted octanol–water partition coefficient (Wildman–Crippen LogP) is 3.25. The third kappa shape index (κ3) is 3.01. The van der Waals surface area contributed by atoms with Crippen molar-refractivity contribution in [1.29, 1.82) is 0 Å².